The van der Waals surface area contributed by atoms with Crippen molar-refractivity contribution < 1.29 is 18.7 Å². The van der Waals surface area contributed by atoms with Gasteiger partial charge in [0.1, 0.15) is 12.4 Å². The van der Waals surface area contributed by atoms with Crippen LogP contribution in [0.1, 0.15) is 21.7 Å². The van der Waals surface area contributed by atoms with Crippen LogP contribution < -0.4 is 10.5 Å². The van der Waals surface area contributed by atoms with Gasteiger partial charge in [0.15, 0.2) is 0 Å². The van der Waals surface area contributed by atoms with E-state index < -0.39 is 5.97 Å². The maximum Gasteiger partial charge on any atom is 0.374 e. The molecule has 1 aromatic heterocycles. The van der Waals surface area contributed by atoms with Gasteiger partial charge in [-0.2, -0.15) is 0 Å². The van der Waals surface area contributed by atoms with Gasteiger partial charge in [0.25, 0.3) is 0 Å². The Hall–Kier alpha value is -2.43. The molecule has 0 atom stereocenters. The fourth-order valence-electron chi connectivity index (χ4n) is 1.71. The van der Waals surface area contributed by atoms with Gasteiger partial charge in [-0.15, -0.1) is 0 Å². The molecule has 0 aliphatic rings. The monoisotopic (exact) mass is 261 g/mol. The number of ether oxygens (including phenoxy) is 2. The number of esters is 1. The van der Waals surface area contributed by atoms with E-state index in [4.69, 9.17) is 14.9 Å². The summed E-state index contributed by atoms with van der Waals surface area (Å²) in [5.74, 6) is 0.361. The van der Waals surface area contributed by atoms with Crippen molar-refractivity contribution in [2.45, 2.75) is 13.5 Å². The number of hydrogen-bond acceptors (Lipinski definition) is 5. The summed E-state index contributed by atoms with van der Waals surface area (Å²) in [6, 6.07) is 7.06. The van der Waals surface area contributed by atoms with Gasteiger partial charge in [-0.3, -0.25) is 0 Å². The summed E-state index contributed by atoms with van der Waals surface area (Å²) in [7, 11) is 1.31. The Bertz CT molecular complexity index is 589. The Morgan fingerprint density at radius 2 is 2.16 bits per heavy atom. The van der Waals surface area contributed by atoms with Gasteiger partial charge in [0, 0.05) is 11.3 Å². The summed E-state index contributed by atoms with van der Waals surface area (Å²) in [5.41, 5.74) is 7.93. The molecule has 1 aromatic carbocycles. The maximum absolute atomic E-state index is 11.4. The molecule has 0 saturated carbocycles. The highest BCUT2D eigenvalue weighted by Gasteiger charge is 2.16. The molecule has 0 spiro atoms. The van der Waals surface area contributed by atoms with E-state index in [1.54, 1.807) is 18.2 Å². The fraction of sp³-hybridized carbons (Fsp3) is 0.214. The van der Waals surface area contributed by atoms with Crippen LogP contribution in [-0.4, -0.2) is 13.1 Å². The summed E-state index contributed by atoms with van der Waals surface area (Å²) >= 11 is 0. The zero-order valence-electron chi connectivity index (χ0n) is 10.8. The second kappa shape index (κ2) is 5.48. The predicted octanol–water partition coefficient (Wildman–Crippen LogP) is 2.54. The lowest BCUT2D eigenvalue weighted by Gasteiger charge is -2.09. The molecule has 1 heterocycles. The molecule has 0 aliphatic carbocycles. The molecule has 0 radical (unpaired) electrons. The van der Waals surface area contributed by atoms with E-state index in [0.717, 1.165) is 5.56 Å². The van der Waals surface area contributed by atoms with Gasteiger partial charge < -0.3 is 19.6 Å². The molecule has 2 rings (SSSR count). The summed E-state index contributed by atoms with van der Waals surface area (Å²) in [6.07, 6.45) is 1.43. The van der Waals surface area contributed by atoms with Crippen molar-refractivity contribution in [1.82, 2.24) is 0 Å². The van der Waals surface area contributed by atoms with Gasteiger partial charge >= 0.3 is 5.97 Å². The van der Waals surface area contributed by atoms with Crippen LogP contribution in [-0.2, 0) is 11.3 Å². The largest absolute Gasteiger partial charge is 0.488 e. The van der Waals surface area contributed by atoms with Crippen LogP contribution in [0.5, 0.6) is 5.75 Å². The van der Waals surface area contributed by atoms with Crippen molar-refractivity contribution >= 4 is 11.7 Å². The minimum absolute atomic E-state index is 0.163. The van der Waals surface area contributed by atoms with Crippen molar-refractivity contribution in [2.24, 2.45) is 0 Å². The van der Waals surface area contributed by atoms with E-state index in [2.05, 4.69) is 4.74 Å². The Kier molecular flexibility index (Phi) is 3.75. The highest BCUT2D eigenvalue weighted by atomic mass is 16.5. The number of furan rings is 1. The van der Waals surface area contributed by atoms with Gasteiger partial charge in [-0.25, -0.2) is 4.79 Å². The number of rotatable bonds is 4. The van der Waals surface area contributed by atoms with E-state index in [0.29, 0.717) is 17.0 Å². The number of nitrogen functional groups attached to an aromatic ring is 1. The lowest BCUT2D eigenvalue weighted by Crippen LogP contribution is -2.05. The summed E-state index contributed by atoms with van der Waals surface area (Å²) in [5, 5.41) is 0. The number of nitrogens with two attached hydrogens (primary N) is 1. The summed E-state index contributed by atoms with van der Waals surface area (Å²) in [6.45, 7) is 2.13. The molecular formula is C14H15NO4. The Morgan fingerprint density at radius 3 is 2.84 bits per heavy atom. The minimum Gasteiger partial charge on any atom is -0.488 e. The van der Waals surface area contributed by atoms with Crippen molar-refractivity contribution in [3.8, 4) is 5.75 Å². The molecule has 0 fully saturated rings. The first-order valence-corrected chi connectivity index (χ1v) is 5.75. The second-order valence-electron chi connectivity index (χ2n) is 4.08. The van der Waals surface area contributed by atoms with Crippen LogP contribution >= 0.6 is 0 Å². The van der Waals surface area contributed by atoms with Gasteiger partial charge in [-0.05, 0) is 36.8 Å². The van der Waals surface area contributed by atoms with E-state index in [9.17, 15) is 4.79 Å². The van der Waals surface area contributed by atoms with E-state index in [-0.39, 0.29) is 12.4 Å². The number of carbonyl (C=O) groups is 1. The average molecular weight is 261 g/mol. The van der Waals surface area contributed by atoms with Crippen molar-refractivity contribution in [3.05, 3.63) is 47.4 Å². The minimum atomic E-state index is -0.516. The average Bonchev–Trinajstić information content (AvgIpc) is 2.85. The standard InChI is InChI=1S/C14H15NO4/c1-9-7-11(15)3-4-12(9)19-8-10-5-6-18-13(10)14(16)17-2/h3-7H,8,15H2,1-2H3. The SMILES string of the molecule is COC(=O)c1occc1COc1ccc(N)cc1C. The Labute approximate surface area is 110 Å². The molecule has 2 N–H and O–H groups in total. The third-order valence-corrected chi connectivity index (χ3v) is 2.70. The van der Waals surface area contributed by atoms with E-state index >= 15 is 0 Å². The molecule has 5 nitrogen and oxygen atoms in total. The zero-order chi connectivity index (χ0) is 13.8. The molecule has 19 heavy (non-hydrogen) atoms. The Balaban J connectivity index is 2.10. The number of anilines is 1. The number of methoxy groups -OCH3 is 1. The van der Waals surface area contributed by atoms with E-state index in [1.165, 1.54) is 13.4 Å². The van der Waals surface area contributed by atoms with Crippen LogP contribution in [0.4, 0.5) is 5.69 Å². The highest BCUT2D eigenvalue weighted by Crippen LogP contribution is 2.22. The number of hydrogen-bond donors (Lipinski definition) is 1. The number of aryl methyl sites for hydroxylation is 1. The van der Waals surface area contributed by atoms with Crippen molar-refractivity contribution in [2.75, 3.05) is 12.8 Å². The molecule has 0 saturated heterocycles. The molecule has 100 valence electrons. The van der Waals surface area contributed by atoms with Gasteiger partial charge in [-0.1, -0.05) is 0 Å². The molecule has 0 aliphatic heterocycles. The van der Waals surface area contributed by atoms with Crippen LogP contribution in [0.2, 0.25) is 0 Å². The van der Waals surface area contributed by atoms with Gasteiger partial charge in [0.2, 0.25) is 5.76 Å². The molecule has 0 unspecified atom stereocenters. The number of carbonyl (C=O) groups excluding carboxylic acids is 1. The lowest BCUT2D eigenvalue weighted by atomic mass is 10.2. The summed E-state index contributed by atoms with van der Waals surface area (Å²) < 4.78 is 15.4. The zero-order valence-corrected chi connectivity index (χ0v) is 10.8. The summed E-state index contributed by atoms with van der Waals surface area (Å²) in [4.78, 5) is 11.4. The molecule has 0 amide bonds. The van der Waals surface area contributed by atoms with Crippen molar-refractivity contribution in [1.29, 1.82) is 0 Å². The molecule has 2 aromatic rings. The smallest absolute Gasteiger partial charge is 0.374 e. The molecule has 0 bridgehead atoms. The quantitative estimate of drug-likeness (QED) is 0.676. The first-order valence-electron chi connectivity index (χ1n) is 5.75. The fourth-order valence-corrected chi connectivity index (χ4v) is 1.71. The van der Waals surface area contributed by atoms with Crippen LogP contribution in [0, 0.1) is 6.92 Å². The molecular weight excluding hydrogens is 246 g/mol. The third-order valence-electron chi connectivity index (χ3n) is 2.70. The van der Waals surface area contributed by atoms with Gasteiger partial charge in [0.05, 0.1) is 13.4 Å². The normalized spacial score (nSPS) is 10.2. The topological polar surface area (TPSA) is 74.7 Å². The second-order valence-corrected chi connectivity index (χ2v) is 4.08. The first kappa shape index (κ1) is 13.0. The first-order chi connectivity index (χ1) is 9.11. The molecule has 5 heteroatoms. The highest BCUT2D eigenvalue weighted by molar-refractivity contribution is 5.87. The van der Waals surface area contributed by atoms with Crippen LogP contribution in [0.3, 0.4) is 0 Å². The number of benzene rings is 1. The lowest BCUT2D eigenvalue weighted by molar-refractivity contribution is 0.0561. The maximum atomic E-state index is 11.4. The van der Waals surface area contributed by atoms with Crippen LogP contribution in [0.15, 0.2) is 34.9 Å². The van der Waals surface area contributed by atoms with Crippen LogP contribution in [0.25, 0.3) is 0 Å². The third kappa shape index (κ3) is 2.88. The Morgan fingerprint density at radius 1 is 1.37 bits per heavy atom. The van der Waals surface area contributed by atoms with E-state index in [1.807, 2.05) is 13.0 Å². The predicted molar refractivity (Wildman–Crippen MR) is 70.0 cm³/mol. The van der Waals surface area contributed by atoms with Crippen molar-refractivity contribution in [3.63, 3.8) is 0 Å².